The van der Waals surface area contributed by atoms with Crippen LogP contribution in [0.5, 0.6) is 0 Å². The van der Waals surface area contributed by atoms with Crippen LogP contribution < -0.4 is 0 Å². The summed E-state index contributed by atoms with van der Waals surface area (Å²) in [7, 11) is 1.43. The normalized spacial score (nSPS) is 11.3. The molecule has 0 fully saturated rings. The maximum Gasteiger partial charge on any atom is 0.329 e. The Morgan fingerprint density at radius 3 is 2.70 bits per heavy atom. The molecule has 20 heavy (non-hydrogen) atoms. The van der Waals surface area contributed by atoms with Crippen LogP contribution in [-0.2, 0) is 4.79 Å². The third-order valence-electron chi connectivity index (χ3n) is 3.25. The molecule has 0 saturated carbocycles. The predicted molar refractivity (Wildman–Crippen MR) is 70.1 cm³/mol. The third-order valence-corrected chi connectivity index (χ3v) is 3.25. The first-order valence-corrected chi connectivity index (χ1v) is 5.95. The molecule has 7 nitrogen and oxygen atoms in total. The van der Waals surface area contributed by atoms with Gasteiger partial charge in [0.25, 0.3) is 5.91 Å². The summed E-state index contributed by atoms with van der Waals surface area (Å²) in [6.07, 6.45) is 1.51. The summed E-state index contributed by atoms with van der Waals surface area (Å²) in [6.45, 7) is 2.90. The molecule has 106 valence electrons. The molecule has 0 aliphatic carbocycles. The summed E-state index contributed by atoms with van der Waals surface area (Å²) in [6, 6.07) is 4.97. The number of aliphatic carboxylic acids is 1. The molecule has 7 heteroatoms. The summed E-state index contributed by atoms with van der Waals surface area (Å²) in [5.74, 6) is -1.02. The highest BCUT2D eigenvalue weighted by molar-refractivity contribution is 5.96. The lowest BCUT2D eigenvalue weighted by molar-refractivity contribution is -0.147. The highest BCUT2D eigenvalue weighted by Gasteiger charge is 2.36. The molecule has 2 heterocycles. The van der Waals surface area contributed by atoms with Crippen LogP contribution in [0.25, 0.3) is 11.5 Å². The number of aromatic nitrogens is 2. The minimum absolute atomic E-state index is 0.133. The van der Waals surface area contributed by atoms with Gasteiger partial charge in [0.1, 0.15) is 11.2 Å². The number of hydrogen-bond donors (Lipinski definition) is 2. The van der Waals surface area contributed by atoms with Crippen molar-refractivity contribution >= 4 is 11.9 Å². The minimum Gasteiger partial charge on any atom is -0.480 e. The molecular formula is C13H15N3O4. The lowest BCUT2D eigenvalue weighted by Gasteiger charge is -2.30. The second-order valence-corrected chi connectivity index (χ2v) is 4.87. The van der Waals surface area contributed by atoms with E-state index in [-0.39, 0.29) is 5.69 Å². The van der Waals surface area contributed by atoms with E-state index in [4.69, 9.17) is 9.52 Å². The first kappa shape index (κ1) is 13.9. The van der Waals surface area contributed by atoms with Crippen LogP contribution in [0.2, 0.25) is 0 Å². The van der Waals surface area contributed by atoms with E-state index >= 15 is 0 Å². The van der Waals surface area contributed by atoms with Crippen LogP contribution in [0.1, 0.15) is 24.3 Å². The summed E-state index contributed by atoms with van der Waals surface area (Å²) in [5.41, 5.74) is -0.631. The number of amides is 1. The van der Waals surface area contributed by atoms with Gasteiger partial charge in [0.2, 0.25) is 0 Å². The van der Waals surface area contributed by atoms with Crippen LogP contribution in [0, 0.1) is 0 Å². The first-order chi connectivity index (χ1) is 9.34. The molecule has 0 bridgehead atoms. The van der Waals surface area contributed by atoms with Gasteiger partial charge in [0.05, 0.1) is 6.26 Å². The van der Waals surface area contributed by atoms with Crippen molar-refractivity contribution in [2.45, 2.75) is 19.4 Å². The maximum absolute atomic E-state index is 12.2. The van der Waals surface area contributed by atoms with Crippen LogP contribution >= 0.6 is 0 Å². The summed E-state index contributed by atoms with van der Waals surface area (Å²) >= 11 is 0. The topological polar surface area (TPSA) is 99.4 Å². The molecule has 0 aliphatic heterocycles. The fourth-order valence-corrected chi connectivity index (χ4v) is 1.56. The van der Waals surface area contributed by atoms with Crippen molar-refractivity contribution in [1.29, 1.82) is 0 Å². The van der Waals surface area contributed by atoms with E-state index in [1.54, 1.807) is 12.1 Å². The molecule has 2 rings (SSSR count). The Bertz CT molecular complexity index is 628. The number of furan rings is 1. The van der Waals surface area contributed by atoms with E-state index in [9.17, 15) is 9.59 Å². The van der Waals surface area contributed by atoms with Gasteiger partial charge in [-0.2, -0.15) is 5.10 Å². The number of likely N-dealkylation sites (N-methyl/N-ethyl adjacent to an activating group) is 1. The van der Waals surface area contributed by atoms with Crippen molar-refractivity contribution in [3.8, 4) is 11.5 Å². The Kier molecular flexibility index (Phi) is 3.35. The van der Waals surface area contributed by atoms with Crippen molar-refractivity contribution in [2.75, 3.05) is 7.05 Å². The molecule has 0 saturated heterocycles. The maximum atomic E-state index is 12.2. The number of nitrogens with zero attached hydrogens (tertiary/aromatic N) is 2. The zero-order valence-electron chi connectivity index (χ0n) is 11.4. The molecule has 0 spiro atoms. The fourth-order valence-electron chi connectivity index (χ4n) is 1.56. The van der Waals surface area contributed by atoms with E-state index in [1.165, 1.54) is 33.2 Å². The SMILES string of the molecule is CN(C(=O)c1cc(-c2ccco2)[nH]n1)C(C)(C)C(=O)O. The van der Waals surface area contributed by atoms with Crippen LogP contribution in [-0.4, -0.2) is 44.7 Å². The number of carbonyl (C=O) groups excluding carboxylic acids is 1. The van der Waals surface area contributed by atoms with Gasteiger partial charge in [0.15, 0.2) is 11.5 Å². The van der Waals surface area contributed by atoms with Crippen LogP contribution in [0.4, 0.5) is 0 Å². The summed E-state index contributed by atoms with van der Waals surface area (Å²) in [5, 5.41) is 15.7. The van der Waals surface area contributed by atoms with Crippen molar-refractivity contribution in [3.63, 3.8) is 0 Å². The molecule has 0 aromatic carbocycles. The van der Waals surface area contributed by atoms with Crippen molar-refractivity contribution < 1.29 is 19.1 Å². The number of rotatable bonds is 4. The molecule has 1 amide bonds. The van der Waals surface area contributed by atoms with Gasteiger partial charge >= 0.3 is 5.97 Å². The highest BCUT2D eigenvalue weighted by Crippen LogP contribution is 2.20. The highest BCUT2D eigenvalue weighted by atomic mass is 16.4. The van der Waals surface area contributed by atoms with E-state index in [2.05, 4.69) is 10.2 Å². The number of aromatic amines is 1. The predicted octanol–water partition coefficient (Wildman–Crippen LogP) is 1.60. The fraction of sp³-hybridized carbons (Fsp3) is 0.308. The second-order valence-electron chi connectivity index (χ2n) is 4.87. The van der Waals surface area contributed by atoms with Crippen LogP contribution in [0.3, 0.4) is 0 Å². The summed E-state index contributed by atoms with van der Waals surface area (Å²) in [4.78, 5) is 24.5. The van der Waals surface area contributed by atoms with Gasteiger partial charge in [-0.15, -0.1) is 0 Å². The molecule has 0 atom stereocenters. The van der Waals surface area contributed by atoms with Gasteiger partial charge in [-0.25, -0.2) is 4.79 Å². The molecule has 2 aromatic heterocycles. The minimum atomic E-state index is -1.32. The lowest BCUT2D eigenvalue weighted by Crippen LogP contribution is -2.50. The number of H-pyrrole nitrogens is 1. The molecular weight excluding hydrogens is 262 g/mol. The van der Waals surface area contributed by atoms with E-state index in [1.807, 2.05) is 0 Å². The molecule has 0 aliphatic rings. The van der Waals surface area contributed by atoms with E-state index < -0.39 is 17.4 Å². The van der Waals surface area contributed by atoms with Crippen LogP contribution in [0.15, 0.2) is 28.9 Å². The quantitative estimate of drug-likeness (QED) is 0.884. The Balaban J connectivity index is 2.24. The number of carbonyl (C=O) groups is 2. The van der Waals surface area contributed by atoms with E-state index in [0.717, 1.165) is 4.90 Å². The molecule has 0 radical (unpaired) electrons. The smallest absolute Gasteiger partial charge is 0.329 e. The number of carboxylic acids is 1. The Morgan fingerprint density at radius 1 is 1.45 bits per heavy atom. The van der Waals surface area contributed by atoms with E-state index in [0.29, 0.717) is 11.5 Å². The zero-order chi connectivity index (χ0) is 14.9. The van der Waals surface area contributed by atoms with Gasteiger partial charge in [0, 0.05) is 13.1 Å². The molecule has 0 unspecified atom stereocenters. The Hall–Kier alpha value is -2.57. The van der Waals surface area contributed by atoms with Gasteiger partial charge in [-0.3, -0.25) is 9.89 Å². The number of nitrogens with one attached hydrogen (secondary N) is 1. The first-order valence-electron chi connectivity index (χ1n) is 5.95. The molecule has 2 aromatic rings. The average Bonchev–Trinajstić information content (AvgIpc) is 3.06. The lowest BCUT2D eigenvalue weighted by atomic mass is 10.0. The Morgan fingerprint density at radius 2 is 2.15 bits per heavy atom. The van der Waals surface area contributed by atoms with Gasteiger partial charge in [-0.1, -0.05) is 0 Å². The number of hydrogen-bond acceptors (Lipinski definition) is 4. The average molecular weight is 277 g/mol. The second kappa shape index (κ2) is 4.84. The number of carboxylic acid groups (broad SMARTS) is 1. The van der Waals surface area contributed by atoms with Crippen molar-refractivity contribution in [1.82, 2.24) is 15.1 Å². The van der Waals surface area contributed by atoms with Gasteiger partial charge in [-0.05, 0) is 26.0 Å². The van der Waals surface area contributed by atoms with Gasteiger partial charge < -0.3 is 14.4 Å². The largest absolute Gasteiger partial charge is 0.480 e. The Labute approximate surface area is 115 Å². The standard InChI is InChI=1S/C13H15N3O4/c1-13(2,12(18)19)16(3)11(17)9-7-8(14-15-9)10-5-4-6-20-10/h4-7H,1-3H3,(H,14,15)(H,18,19). The molecule has 2 N–H and O–H groups in total. The summed E-state index contributed by atoms with van der Waals surface area (Å²) < 4.78 is 5.19. The monoisotopic (exact) mass is 277 g/mol. The van der Waals surface area contributed by atoms with Crippen molar-refractivity contribution in [3.05, 3.63) is 30.2 Å². The zero-order valence-corrected chi connectivity index (χ0v) is 11.4. The third kappa shape index (κ3) is 2.29. The van der Waals surface area contributed by atoms with Crippen molar-refractivity contribution in [2.24, 2.45) is 0 Å².